The molecule has 0 spiro atoms. The van der Waals surface area contributed by atoms with E-state index in [1.165, 1.54) is 12.1 Å². The molecule has 0 fully saturated rings. The molecule has 1 aromatic rings. The fourth-order valence-electron chi connectivity index (χ4n) is 1.14. The highest BCUT2D eigenvalue weighted by atomic mass is 19.1. The molecule has 0 aliphatic rings. The lowest BCUT2D eigenvalue weighted by Crippen LogP contribution is -2.31. The van der Waals surface area contributed by atoms with Gasteiger partial charge in [-0.3, -0.25) is 4.79 Å². The van der Waals surface area contributed by atoms with Crippen LogP contribution < -0.4 is 5.32 Å². The fourth-order valence-corrected chi connectivity index (χ4v) is 1.14. The monoisotopic (exact) mass is 211 g/mol. The Bertz CT molecular complexity index is 364. The van der Waals surface area contributed by atoms with Crippen molar-refractivity contribution in [1.82, 2.24) is 5.32 Å². The van der Waals surface area contributed by atoms with Gasteiger partial charge in [0.05, 0.1) is 11.7 Å². The van der Waals surface area contributed by atoms with Gasteiger partial charge in [0.1, 0.15) is 5.82 Å². The number of nitrogens with one attached hydrogen (secondary N) is 1. The lowest BCUT2D eigenvalue weighted by Gasteiger charge is -2.07. The zero-order valence-electron chi connectivity index (χ0n) is 8.75. The number of carbonyl (C=O) groups excluding carboxylic acids is 1. The molecule has 0 radical (unpaired) electrons. The molecule has 0 bridgehead atoms. The number of hydrogen-bond donors (Lipinski definition) is 2. The number of aliphatic hydroxyl groups excluding tert-OH is 1. The molecule has 3 nitrogen and oxygen atoms in total. The minimum absolute atomic E-state index is 0.00116. The molecule has 1 amide bonds. The first-order chi connectivity index (χ1) is 7.00. The highest BCUT2D eigenvalue weighted by molar-refractivity contribution is 5.94. The van der Waals surface area contributed by atoms with Crippen LogP contribution in [0.4, 0.5) is 4.39 Å². The lowest BCUT2D eigenvalue weighted by atomic mass is 10.1. The molecule has 15 heavy (non-hydrogen) atoms. The Morgan fingerprint density at radius 1 is 1.60 bits per heavy atom. The van der Waals surface area contributed by atoms with E-state index in [9.17, 15) is 9.18 Å². The predicted molar refractivity (Wildman–Crippen MR) is 55.2 cm³/mol. The largest absolute Gasteiger partial charge is 0.392 e. The Hall–Kier alpha value is -1.42. The minimum Gasteiger partial charge on any atom is -0.392 e. The van der Waals surface area contributed by atoms with E-state index in [1.807, 2.05) is 0 Å². The van der Waals surface area contributed by atoms with Gasteiger partial charge in [-0.1, -0.05) is 6.07 Å². The number of rotatable bonds is 3. The molecule has 1 atom stereocenters. The predicted octanol–water partition coefficient (Wildman–Crippen LogP) is 1.24. The summed E-state index contributed by atoms with van der Waals surface area (Å²) in [6, 6.07) is 4.40. The van der Waals surface area contributed by atoms with E-state index in [0.717, 1.165) is 5.56 Å². The topological polar surface area (TPSA) is 49.3 Å². The Labute approximate surface area is 87.9 Å². The first-order valence-corrected chi connectivity index (χ1v) is 4.73. The van der Waals surface area contributed by atoms with Gasteiger partial charge in [-0.25, -0.2) is 4.39 Å². The summed E-state index contributed by atoms with van der Waals surface area (Å²) in [5.41, 5.74) is 0.765. The summed E-state index contributed by atoms with van der Waals surface area (Å²) in [5.74, 6) is -1.05. The SMILES string of the molecule is Cc1ccc(C(=O)NC[C@@H](C)O)c(F)c1. The number of carbonyl (C=O) groups is 1. The summed E-state index contributed by atoms with van der Waals surface area (Å²) >= 11 is 0. The van der Waals surface area contributed by atoms with Gasteiger partial charge in [0.2, 0.25) is 0 Å². The molecule has 4 heteroatoms. The summed E-state index contributed by atoms with van der Waals surface area (Å²) in [4.78, 5) is 11.4. The molecule has 0 heterocycles. The second kappa shape index (κ2) is 4.89. The van der Waals surface area contributed by atoms with Crippen molar-refractivity contribution in [3.05, 3.63) is 35.1 Å². The molecular formula is C11H14FNO2. The Kier molecular flexibility index (Phi) is 3.80. The van der Waals surface area contributed by atoms with E-state index in [0.29, 0.717) is 0 Å². The van der Waals surface area contributed by atoms with Crippen LogP contribution in [0.1, 0.15) is 22.8 Å². The summed E-state index contributed by atoms with van der Waals surface area (Å²) < 4.78 is 13.3. The average Bonchev–Trinajstić information content (AvgIpc) is 2.14. The number of aliphatic hydroxyl groups is 1. The molecule has 1 rings (SSSR count). The van der Waals surface area contributed by atoms with E-state index in [-0.39, 0.29) is 12.1 Å². The first kappa shape index (κ1) is 11.7. The molecule has 0 aliphatic heterocycles. The first-order valence-electron chi connectivity index (χ1n) is 4.73. The molecule has 0 unspecified atom stereocenters. The minimum atomic E-state index is -0.637. The molecule has 0 saturated carbocycles. The maximum Gasteiger partial charge on any atom is 0.254 e. The Balaban J connectivity index is 2.74. The van der Waals surface area contributed by atoms with Crippen molar-refractivity contribution in [2.75, 3.05) is 6.54 Å². The van der Waals surface area contributed by atoms with Crippen LogP contribution >= 0.6 is 0 Å². The zero-order chi connectivity index (χ0) is 11.4. The van der Waals surface area contributed by atoms with Crippen molar-refractivity contribution in [3.63, 3.8) is 0 Å². The van der Waals surface area contributed by atoms with Gasteiger partial charge in [-0.2, -0.15) is 0 Å². The molecule has 2 N–H and O–H groups in total. The van der Waals surface area contributed by atoms with E-state index in [4.69, 9.17) is 5.11 Å². The van der Waals surface area contributed by atoms with Gasteiger partial charge in [-0.05, 0) is 31.5 Å². The standard InChI is InChI=1S/C11H14FNO2/c1-7-3-4-9(10(12)5-7)11(15)13-6-8(2)14/h3-5,8,14H,6H2,1-2H3,(H,13,15)/t8-/m1/s1. The van der Waals surface area contributed by atoms with Crippen LogP contribution in [0, 0.1) is 12.7 Å². The van der Waals surface area contributed by atoms with Crippen molar-refractivity contribution in [1.29, 1.82) is 0 Å². The van der Waals surface area contributed by atoms with Crippen LogP contribution in [-0.4, -0.2) is 23.7 Å². The number of amides is 1. The third-order valence-corrected chi connectivity index (χ3v) is 1.93. The highest BCUT2D eigenvalue weighted by Gasteiger charge is 2.11. The van der Waals surface area contributed by atoms with Crippen LogP contribution in [0.3, 0.4) is 0 Å². The summed E-state index contributed by atoms with van der Waals surface area (Å²) in [6.45, 7) is 3.42. The van der Waals surface area contributed by atoms with E-state index in [1.54, 1.807) is 19.9 Å². The molecule has 1 aromatic carbocycles. The number of aryl methyl sites for hydroxylation is 1. The van der Waals surface area contributed by atoms with E-state index >= 15 is 0 Å². The van der Waals surface area contributed by atoms with E-state index < -0.39 is 17.8 Å². The maximum absolute atomic E-state index is 13.3. The second-order valence-electron chi connectivity index (χ2n) is 3.54. The van der Waals surface area contributed by atoms with Crippen molar-refractivity contribution >= 4 is 5.91 Å². The Morgan fingerprint density at radius 3 is 2.80 bits per heavy atom. The maximum atomic E-state index is 13.3. The number of benzene rings is 1. The van der Waals surface area contributed by atoms with Gasteiger partial charge in [0.15, 0.2) is 0 Å². The van der Waals surface area contributed by atoms with Gasteiger partial charge in [-0.15, -0.1) is 0 Å². The third kappa shape index (κ3) is 3.32. The van der Waals surface area contributed by atoms with Gasteiger partial charge < -0.3 is 10.4 Å². The normalized spacial score (nSPS) is 12.3. The number of halogens is 1. The quantitative estimate of drug-likeness (QED) is 0.790. The zero-order valence-corrected chi connectivity index (χ0v) is 8.75. The van der Waals surface area contributed by atoms with Gasteiger partial charge in [0, 0.05) is 6.54 Å². The second-order valence-corrected chi connectivity index (χ2v) is 3.54. The molecule has 0 aliphatic carbocycles. The van der Waals surface area contributed by atoms with Crippen molar-refractivity contribution < 1.29 is 14.3 Å². The summed E-state index contributed by atoms with van der Waals surface area (Å²) in [7, 11) is 0. The average molecular weight is 211 g/mol. The van der Waals surface area contributed by atoms with Crippen LogP contribution in [0.2, 0.25) is 0 Å². The highest BCUT2D eigenvalue weighted by Crippen LogP contribution is 2.09. The molecule has 0 aromatic heterocycles. The lowest BCUT2D eigenvalue weighted by molar-refractivity contribution is 0.0920. The van der Waals surface area contributed by atoms with Crippen molar-refractivity contribution in [3.8, 4) is 0 Å². The van der Waals surface area contributed by atoms with Crippen LogP contribution in [0.5, 0.6) is 0 Å². The van der Waals surface area contributed by atoms with Crippen molar-refractivity contribution in [2.45, 2.75) is 20.0 Å². The number of hydrogen-bond acceptors (Lipinski definition) is 2. The van der Waals surface area contributed by atoms with Crippen LogP contribution in [0.15, 0.2) is 18.2 Å². The van der Waals surface area contributed by atoms with Crippen LogP contribution in [-0.2, 0) is 0 Å². The molecular weight excluding hydrogens is 197 g/mol. The Morgan fingerprint density at radius 2 is 2.27 bits per heavy atom. The molecule has 0 saturated heterocycles. The van der Waals surface area contributed by atoms with Gasteiger partial charge >= 0.3 is 0 Å². The third-order valence-electron chi connectivity index (χ3n) is 1.93. The van der Waals surface area contributed by atoms with Crippen molar-refractivity contribution in [2.24, 2.45) is 0 Å². The fraction of sp³-hybridized carbons (Fsp3) is 0.364. The summed E-state index contributed by atoms with van der Waals surface area (Å²) in [6.07, 6.45) is -0.637. The van der Waals surface area contributed by atoms with E-state index in [2.05, 4.69) is 5.32 Å². The summed E-state index contributed by atoms with van der Waals surface area (Å²) in [5, 5.41) is 11.4. The van der Waals surface area contributed by atoms with Gasteiger partial charge in [0.25, 0.3) is 5.91 Å². The molecule has 82 valence electrons. The smallest absolute Gasteiger partial charge is 0.254 e. The van der Waals surface area contributed by atoms with Crippen LogP contribution in [0.25, 0.3) is 0 Å².